The fraction of sp³-hybridized carbons (Fsp3) is 1.00. The topological polar surface area (TPSA) is 320 Å². The smallest absolute Gasteiger partial charge is 0.187 e. The molecule has 5 aliphatic heterocycles. The first-order chi connectivity index (χ1) is 20.9. The summed E-state index contributed by atoms with van der Waals surface area (Å²) in [7, 11) is 0. The number of aliphatic hydroxyl groups is 12. The summed E-state index contributed by atoms with van der Waals surface area (Å²) >= 11 is 0. The van der Waals surface area contributed by atoms with E-state index in [0.717, 1.165) is 0 Å². The molecular weight excluding hydrogens is 608 g/mol. The average Bonchev–Trinajstić information content (AvgIpc) is 3.81. The minimum atomic E-state index is -1.98. The predicted octanol–water partition coefficient (Wildman–Crippen LogP) is -8.70. The molecule has 0 spiro atoms. The quantitative estimate of drug-likeness (QED) is 0.0978. The fourth-order valence-corrected chi connectivity index (χ4v) is 5.74. The molecule has 0 aromatic carbocycles. The number of rotatable bonds is 10. The van der Waals surface area contributed by atoms with Crippen molar-refractivity contribution in [1.29, 1.82) is 0 Å². The summed E-state index contributed by atoms with van der Waals surface area (Å²) in [5, 5.41) is 123. The maximum atomic E-state index is 10.9. The second kappa shape index (κ2) is 14.1. The third-order valence-electron chi connectivity index (χ3n) is 8.37. The van der Waals surface area contributed by atoms with Gasteiger partial charge in [-0.05, 0) is 0 Å². The van der Waals surface area contributed by atoms with E-state index < -0.39 is 149 Å². The lowest BCUT2D eigenvalue weighted by atomic mass is 9.96. The molecule has 0 amide bonds. The van der Waals surface area contributed by atoms with Crippen LogP contribution in [0, 0.1) is 0 Å². The van der Waals surface area contributed by atoms with Gasteiger partial charge in [0, 0.05) is 0 Å². The van der Waals surface area contributed by atoms with Crippen molar-refractivity contribution in [3.63, 3.8) is 0 Å². The Bertz CT molecular complexity index is 926. The van der Waals surface area contributed by atoms with Gasteiger partial charge in [0.05, 0.1) is 26.4 Å². The van der Waals surface area contributed by atoms with Crippen LogP contribution in [0.15, 0.2) is 0 Å². The van der Waals surface area contributed by atoms with Gasteiger partial charge in [-0.1, -0.05) is 0 Å². The van der Waals surface area contributed by atoms with E-state index >= 15 is 0 Å². The lowest BCUT2D eigenvalue weighted by Crippen LogP contribution is -2.67. The largest absolute Gasteiger partial charge is 0.394 e. The highest BCUT2D eigenvalue weighted by Crippen LogP contribution is 2.39. The number of hydrogen-bond acceptors (Lipinski definition) is 20. The van der Waals surface area contributed by atoms with Gasteiger partial charge in [-0.2, -0.15) is 0 Å². The second-order valence-electron chi connectivity index (χ2n) is 11.2. The van der Waals surface area contributed by atoms with Crippen molar-refractivity contribution >= 4 is 0 Å². The number of aliphatic hydroxyl groups excluding tert-OH is 12. The predicted molar refractivity (Wildman–Crippen MR) is 131 cm³/mol. The number of ether oxygens (including phenoxy) is 8. The first kappa shape index (κ1) is 34.5. The summed E-state index contributed by atoms with van der Waals surface area (Å²) in [4.78, 5) is 0. The first-order valence-corrected chi connectivity index (χ1v) is 14.1. The molecule has 5 saturated heterocycles. The molecule has 44 heavy (non-hydrogen) atoms. The molecule has 0 aliphatic carbocycles. The Labute approximate surface area is 249 Å². The molecule has 0 radical (unpaired) electrons. The minimum absolute atomic E-state index is 0.582. The van der Waals surface area contributed by atoms with E-state index in [9.17, 15) is 61.3 Å². The molecular formula is C24H40O20. The van der Waals surface area contributed by atoms with E-state index in [4.69, 9.17) is 37.9 Å². The maximum absolute atomic E-state index is 10.9. The molecule has 20 atom stereocenters. The molecule has 20 unspecified atom stereocenters. The third-order valence-corrected chi connectivity index (χ3v) is 8.37. The van der Waals surface area contributed by atoms with E-state index in [1.54, 1.807) is 0 Å². The van der Waals surface area contributed by atoms with Crippen LogP contribution >= 0.6 is 0 Å². The molecule has 12 N–H and O–H groups in total. The van der Waals surface area contributed by atoms with Gasteiger partial charge < -0.3 is 99.2 Å². The lowest BCUT2D eigenvalue weighted by molar-refractivity contribution is -0.383. The van der Waals surface area contributed by atoms with Crippen LogP contribution in [-0.4, -0.2) is 211 Å². The van der Waals surface area contributed by atoms with Crippen molar-refractivity contribution in [2.75, 3.05) is 26.4 Å². The van der Waals surface area contributed by atoms with Crippen LogP contribution in [0.1, 0.15) is 0 Å². The minimum Gasteiger partial charge on any atom is -0.394 e. The van der Waals surface area contributed by atoms with Crippen LogP contribution in [0.3, 0.4) is 0 Å². The number of hydrogen-bond donors (Lipinski definition) is 12. The summed E-state index contributed by atoms with van der Waals surface area (Å²) in [6.45, 7) is -3.03. The molecule has 20 nitrogen and oxygen atoms in total. The van der Waals surface area contributed by atoms with Gasteiger partial charge >= 0.3 is 0 Å². The Morgan fingerprint density at radius 3 is 1.16 bits per heavy atom. The molecule has 5 heterocycles. The van der Waals surface area contributed by atoms with E-state index in [1.807, 2.05) is 0 Å². The highest BCUT2D eigenvalue weighted by Gasteiger charge is 2.59. The van der Waals surface area contributed by atoms with Gasteiger partial charge in [0.2, 0.25) is 0 Å². The SMILES string of the molecule is OCC1OC(OC2C(CO)OC(OC3C(CO)OC(OC4C(CO)OC5OC5C4O)C(O)C3O)C(O)C2O)C(O)C(O)C1O. The fourth-order valence-electron chi connectivity index (χ4n) is 5.74. The lowest BCUT2D eigenvalue weighted by Gasteiger charge is -2.48. The zero-order chi connectivity index (χ0) is 32.0. The van der Waals surface area contributed by atoms with Crippen molar-refractivity contribution in [3.8, 4) is 0 Å². The second-order valence-corrected chi connectivity index (χ2v) is 11.2. The van der Waals surface area contributed by atoms with Crippen molar-refractivity contribution in [1.82, 2.24) is 0 Å². The Morgan fingerprint density at radius 1 is 0.364 bits per heavy atom. The molecule has 0 aromatic heterocycles. The first-order valence-electron chi connectivity index (χ1n) is 14.1. The van der Waals surface area contributed by atoms with Crippen molar-refractivity contribution < 1.29 is 99.2 Å². The standard InChI is InChI=1S/C24H40O20/c25-1-5-9(29)10(30)13(33)21(37-5)41-17-6(2-26)38-22(14(34)11(17)31)42-18-7(3-27)39-23(15(35)12(18)32)43-19-8(4-28)40-24-20(44-24)16(19)36/h5-36H,1-4H2. The van der Waals surface area contributed by atoms with E-state index in [0.29, 0.717) is 0 Å². The van der Waals surface area contributed by atoms with Gasteiger partial charge in [0.15, 0.2) is 25.2 Å². The van der Waals surface area contributed by atoms with Gasteiger partial charge in [0.25, 0.3) is 0 Å². The average molecular weight is 649 g/mol. The summed E-state index contributed by atoms with van der Waals surface area (Å²) < 4.78 is 43.6. The third kappa shape index (κ3) is 6.50. The Kier molecular flexibility index (Phi) is 11.1. The van der Waals surface area contributed by atoms with Crippen molar-refractivity contribution in [2.24, 2.45) is 0 Å². The van der Waals surface area contributed by atoms with Gasteiger partial charge in [-0.15, -0.1) is 0 Å². The summed E-state index contributed by atoms with van der Waals surface area (Å²) in [5.41, 5.74) is 0. The van der Waals surface area contributed by atoms with Crippen LogP contribution < -0.4 is 0 Å². The van der Waals surface area contributed by atoms with Gasteiger partial charge in [0.1, 0.15) is 97.7 Å². The molecule has 5 rings (SSSR count). The Balaban J connectivity index is 1.24. The molecule has 5 fully saturated rings. The summed E-state index contributed by atoms with van der Waals surface area (Å²) in [6.07, 6.45) is -30.9. The normalized spacial score (nSPS) is 54.5. The number of fused-ring (bicyclic) bond motifs is 1. The van der Waals surface area contributed by atoms with Crippen molar-refractivity contribution in [3.05, 3.63) is 0 Å². The summed E-state index contributed by atoms with van der Waals surface area (Å²) in [5.74, 6) is 0. The van der Waals surface area contributed by atoms with Crippen LogP contribution in [0.4, 0.5) is 0 Å². The molecule has 5 aliphatic rings. The van der Waals surface area contributed by atoms with E-state index in [1.165, 1.54) is 0 Å². The van der Waals surface area contributed by atoms with Gasteiger partial charge in [-0.25, -0.2) is 0 Å². The van der Waals surface area contributed by atoms with Crippen LogP contribution in [-0.2, 0) is 37.9 Å². The highest BCUT2D eigenvalue weighted by atomic mass is 16.8. The molecule has 20 heteroatoms. The highest BCUT2D eigenvalue weighted by molar-refractivity contribution is 5.00. The maximum Gasteiger partial charge on any atom is 0.187 e. The Hall–Kier alpha value is -0.800. The Morgan fingerprint density at radius 2 is 0.727 bits per heavy atom. The van der Waals surface area contributed by atoms with Gasteiger partial charge in [-0.3, -0.25) is 0 Å². The monoisotopic (exact) mass is 648 g/mol. The molecule has 0 aromatic rings. The van der Waals surface area contributed by atoms with Crippen molar-refractivity contribution in [2.45, 2.75) is 123 Å². The molecule has 0 bridgehead atoms. The summed E-state index contributed by atoms with van der Waals surface area (Å²) in [6, 6.07) is 0. The zero-order valence-electron chi connectivity index (χ0n) is 23.0. The molecule has 0 saturated carbocycles. The zero-order valence-corrected chi connectivity index (χ0v) is 23.0. The van der Waals surface area contributed by atoms with E-state index in [-0.39, 0.29) is 0 Å². The van der Waals surface area contributed by atoms with Crippen LogP contribution in [0.25, 0.3) is 0 Å². The van der Waals surface area contributed by atoms with Crippen LogP contribution in [0.2, 0.25) is 0 Å². The number of epoxide rings is 1. The molecule has 256 valence electrons. The van der Waals surface area contributed by atoms with Crippen LogP contribution in [0.5, 0.6) is 0 Å². The van der Waals surface area contributed by atoms with E-state index in [2.05, 4.69) is 0 Å².